The van der Waals surface area contributed by atoms with Gasteiger partial charge in [0, 0.05) is 23.6 Å². The van der Waals surface area contributed by atoms with E-state index in [0.717, 1.165) is 23.3 Å². The van der Waals surface area contributed by atoms with E-state index in [0.29, 0.717) is 6.61 Å². The molecule has 3 heteroatoms. The predicted octanol–water partition coefficient (Wildman–Crippen LogP) is 0.961. The maximum atomic E-state index is 9.06. The highest BCUT2D eigenvalue weighted by Crippen LogP contribution is 2.33. The highest BCUT2D eigenvalue weighted by Gasteiger charge is 2.19. The number of nitrogens with two attached hydrogens (primary N) is 1. The number of aliphatic hydroxyl groups excluding tert-OH is 1. The number of para-hydroxylation sites is 1. The van der Waals surface area contributed by atoms with Crippen LogP contribution in [0, 0.1) is 0 Å². The smallest absolute Gasteiger partial charge is 0.129 e. The lowest BCUT2D eigenvalue weighted by Gasteiger charge is -2.24. The second-order valence-electron chi connectivity index (χ2n) is 3.24. The van der Waals surface area contributed by atoms with Gasteiger partial charge in [0.25, 0.3) is 0 Å². The maximum Gasteiger partial charge on any atom is 0.129 e. The molecule has 0 aliphatic carbocycles. The Labute approximate surface area is 77.1 Å². The molecule has 0 saturated heterocycles. The monoisotopic (exact) mass is 179 g/mol. The summed E-state index contributed by atoms with van der Waals surface area (Å²) in [6, 6.07) is 5.77. The van der Waals surface area contributed by atoms with Crippen molar-refractivity contribution in [3.8, 4) is 5.75 Å². The quantitative estimate of drug-likeness (QED) is 0.675. The van der Waals surface area contributed by atoms with Crippen LogP contribution in [0.3, 0.4) is 0 Å². The van der Waals surface area contributed by atoms with Gasteiger partial charge >= 0.3 is 0 Å². The van der Waals surface area contributed by atoms with Crippen molar-refractivity contribution in [2.45, 2.75) is 19.1 Å². The van der Waals surface area contributed by atoms with Crippen LogP contribution in [0.1, 0.15) is 23.6 Å². The first-order chi connectivity index (χ1) is 6.33. The molecule has 1 aliphatic heterocycles. The Morgan fingerprint density at radius 1 is 1.54 bits per heavy atom. The standard InChI is InChI=1S/C10H13NO2/c11-9-4-5-13-10-7(6-12)2-1-3-8(9)10/h1-3,9,12H,4-6,11H2/t9-/m0/s1. The molecular formula is C10H13NO2. The molecule has 0 spiro atoms. The van der Waals surface area contributed by atoms with Gasteiger partial charge in [-0.1, -0.05) is 18.2 Å². The fourth-order valence-corrected chi connectivity index (χ4v) is 1.64. The molecule has 1 atom stereocenters. The van der Waals surface area contributed by atoms with E-state index < -0.39 is 0 Å². The molecule has 0 aromatic heterocycles. The molecule has 1 aromatic carbocycles. The largest absolute Gasteiger partial charge is 0.493 e. The molecule has 2 rings (SSSR count). The number of benzene rings is 1. The molecule has 1 heterocycles. The van der Waals surface area contributed by atoms with E-state index in [1.165, 1.54) is 0 Å². The fraction of sp³-hybridized carbons (Fsp3) is 0.400. The van der Waals surface area contributed by atoms with Gasteiger partial charge in [0.15, 0.2) is 0 Å². The molecule has 0 amide bonds. The van der Waals surface area contributed by atoms with Gasteiger partial charge in [0.05, 0.1) is 13.2 Å². The first kappa shape index (κ1) is 8.53. The lowest BCUT2D eigenvalue weighted by Crippen LogP contribution is -2.21. The van der Waals surface area contributed by atoms with Gasteiger partial charge in [-0.25, -0.2) is 0 Å². The maximum absolute atomic E-state index is 9.06. The average molecular weight is 179 g/mol. The van der Waals surface area contributed by atoms with Gasteiger partial charge < -0.3 is 15.6 Å². The highest BCUT2D eigenvalue weighted by atomic mass is 16.5. The molecule has 3 N–H and O–H groups in total. The van der Waals surface area contributed by atoms with E-state index in [-0.39, 0.29) is 12.6 Å². The van der Waals surface area contributed by atoms with Gasteiger partial charge in [0.1, 0.15) is 5.75 Å². The minimum atomic E-state index is 0.00981. The third-order valence-electron chi connectivity index (χ3n) is 2.37. The second-order valence-corrected chi connectivity index (χ2v) is 3.24. The molecule has 3 nitrogen and oxygen atoms in total. The third-order valence-corrected chi connectivity index (χ3v) is 2.37. The molecule has 0 saturated carbocycles. The van der Waals surface area contributed by atoms with E-state index in [1.54, 1.807) is 0 Å². The van der Waals surface area contributed by atoms with Crippen LogP contribution >= 0.6 is 0 Å². The van der Waals surface area contributed by atoms with E-state index >= 15 is 0 Å². The van der Waals surface area contributed by atoms with Gasteiger partial charge in [-0.2, -0.15) is 0 Å². The zero-order chi connectivity index (χ0) is 9.26. The van der Waals surface area contributed by atoms with Crippen LogP contribution in [0.5, 0.6) is 5.75 Å². The van der Waals surface area contributed by atoms with Gasteiger partial charge in [-0.3, -0.25) is 0 Å². The van der Waals surface area contributed by atoms with Crippen LogP contribution in [-0.2, 0) is 6.61 Å². The normalized spacial score (nSPS) is 20.6. The first-order valence-corrected chi connectivity index (χ1v) is 4.44. The number of hydrogen-bond acceptors (Lipinski definition) is 3. The molecular weight excluding hydrogens is 166 g/mol. The van der Waals surface area contributed by atoms with Gasteiger partial charge in [-0.05, 0) is 0 Å². The fourth-order valence-electron chi connectivity index (χ4n) is 1.64. The lowest BCUT2D eigenvalue weighted by atomic mass is 9.99. The minimum Gasteiger partial charge on any atom is -0.493 e. The molecule has 13 heavy (non-hydrogen) atoms. The van der Waals surface area contributed by atoms with Crippen LogP contribution in [0.15, 0.2) is 18.2 Å². The lowest BCUT2D eigenvalue weighted by molar-refractivity contribution is 0.242. The highest BCUT2D eigenvalue weighted by molar-refractivity contribution is 5.44. The van der Waals surface area contributed by atoms with Gasteiger partial charge in [0.2, 0.25) is 0 Å². The van der Waals surface area contributed by atoms with E-state index in [9.17, 15) is 0 Å². The van der Waals surface area contributed by atoms with Crippen molar-refractivity contribution >= 4 is 0 Å². The van der Waals surface area contributed by atoms with E-state index in [4.69, 9.17) is 15.6 Å². The number of ether oxygens (including phenoxy) is 1. The van der Waals surface area contributed by atoms with Crippen molar-refractivity contribution in [1.29, 1.82) is 0 Å². The minimum absolute atomic E-state index is 0.00981. The van der Waals surface area contributed by atoms with Crippen LogP contribution in [0.4, 0.5) is 0 Å². The van der Waals surface area contributed by atoms with Crippen molar-refractivity contribution in [3.05, 3.63) is 29.3 Å². The van der Waals surface area contributed by atoms with Crippen molar-refractivity contribution < 1.29 is 9.84 Å². The molecule has 70 valence electrons. The molecule has 0 fully saturated rings. The number of rotatable bonds is 1. The summed E-state index contributed by atoms with van der Waals surface area (Å²) in [5.74, 6) is 0.781. The summed E-state index contributed by atoms with van der Waals surface area (Å²) in [7, 11) is 0. The first-order valence-electron chi connectivity index (χ1n) is 4.44. The summed E-state index contributed by atoms with van der Waals surface area (Å²) in [6.45, 7) is 0.654. The van der Waals surface area contributed by atoms with Crippen molar-refractivity contribution in [2.24, 2.45) is 5.73 Å². The van der Waals surface area contributed by atoms with Crippen LogP contribution in [0.25, 0.3) is 0 Å². The molecule has 0 radical (unpaired) electrons. The Bertz CT molecular complexity index is 312. The van der Waals surface area contributed by atoms with Crippen LogP contribution in [-0.4, -0.2) is 11.7 Å². The van der Waals surface area contributed by atoms with Crippen molar-refractivity contribution in [2.75, 3.05) is 6.61 Å². The zero-order valence-electron chi connectivity index (χ0n) is 7.36. The molecule has 1 aliphatic rings. The van der Waals surface area contributed by atoms with Crippen LogP contribution in [0.2, 0.25) is 0 Å². The molecule has 0 bridgehead atoms. The number of fused-ring (bicyclic) bond motifs is 1. The Hall–Kier alpha value is -1.06. The Kier molecular flexibility index (Phi) is 2.20. The van der Waals surface area contributed by atoms with E-state index in [1.807, 2.05) is 18.2 Å². The predicted molar refractivity (Wildman–Crippen MR) is 49.4 cm³/mol. The van der Waals surface area contributed by atoms with E-state index in [2.05, 4.69) is 0 Å². The van der Waals surface area contributed by atoms with Crippen molar-refractivity contribution in [3.63, 3.8) is 0 Å². The summed E-state index contributed by atoms with van der Waals surface area (Å²) in [5, 5.41) is 9.06. The molecule has 1 aromatic rings. The summed E-state index contributed by atoms with van der Waals surface area (Å²) in [4.78, 5) is 0. The van der Waals surface area contributed by atoms with Crippen LogP contribution < -0.4 is 10.5 Å². The Morgan fingerprint density at radius 3 is 3.15 bits per heavy atom. The topological polar surface area (TPSA) is 55.5 Å². The van der Waals surface area contributed by atoms with Crippen molar-refractivity contribution in [1.82, 2.24) is 0 Å². The Balaban J connectivity index is 2.48. The zero-order valence-corrected chi connectivity index (χ0v) is 7.36. The van der Waals surface area contributed by atoms with Gasteiger partial charge in [-0.15, -0.1) is 0 Å². The summed E-state index contributed by atoms with van der Waals surface area (Å²) >= 11 is 0. The number of hydrogen-bond donors (Lipinski definition) is 2. The summed E-state index contributed by atoms with van der Waals surface area (Å²) in [6.07, 6.45) is 0.849. The summed E-state index contributed by atoms with van der Waals surface area (Å²) < 4.78 is 5.48. The average Bonchev–Trinajstić information content (AvgIpc) is 2.18. The third kappa shape index (κ3) is 1.41. The Morgan fingerprint density at radius 2 is 2.38 bits per heavy atom. The second kappa shape index (κ2) is 3.36. The number of aliphatic hydroxyl groups is 1. The molecule has 0 unspecified atom stereocenters. The summed E-state index contributed by atoms with van der Waals surface area (Å²) in [5.41, 5.74) is 7.75. The SMILES string of the molecule is N[C@H]1CCOc2c(CO)cccc21.